The summed E-state index contributed by atoms with van der Waals surface area (Å²) in [5.74, 6) is 5.60. The van der Waals surface area contributed by atoms with Crippen LogP contribution in [0.5, 0.6) is 0 Å². The van der Waals surface area contributed by atoms with Crippen molar-refractivity contribution in [2.75, 3.05) is 5.75 Å². The molecule has 0 amide bonds. The van der Waals surface area contributed by atoms with E-state index < -0.39 is 5.60 Å². The van der Waals surface area contributed by atoms with E-state index in [1.54, 1.807) is 0 Å². The standard InChI is InChI=1S/C8H17N3OS/c9-7(11-10)13-6-8(12)4-2-1-3-5-8/h12H,1-6,10H2,(H2,9,11). The fourth-order valence-electron chi connectivity index (χ4n) is 1.60. The normalized spacial score (nSPS) is 23.0. The second-order valence-electron chi connectivity index (χ2n) is 3.54. The van der Waals surface area contributed by atoms with Crippen LogP contribution in [0.15, 0.2) is 5.10 Å². The summed E-state index contributed by atoms with van der Waals surface area (Å²) in [7, 11) is 0. The number of amidine groups is 1. The second kappa shape index (κ2) is 4.72. The molecule has 0 aromatic carbocycles. The number of aliphatic hydroxyl groups is 1. The van der Waals surface area contributed by atoms with Gasteiger partial charge in [-0.05, 0) is 12.8 Å². The van der Waals surface area contributed by atoms with Crippen LogP contribution in [0, 0.1) is 0 Å². The molecular weight excluding hydrogens is 186 g/mol. The summed E-state index contributed by atoms with van der Waals surface area (Å²) >= 11 is 1.33. The first-order valence-corrected chi connectivity index (χ1v) is 5.53. The van der Waals surface area contributed by atoms with Gasteiger partial charge in [0.15, 0.2) is 5.17 Å². The number of hydrogen-bond donors (Lipinski definition) is 3. The number of hydrazone groups is 1. The maximum atomic E-state index is 10.0. The summed E-state index contributed by atoms with van der Waals surface area (Å²) in [6, 6.07) is 0. The Bertz CT molecular complexity index is 190. The third-order valence-electron chi connectivity index (χ3n) is 2.40. The van der Waals surface area contributed by atoms with E-state index in [0.29, 0.717) is 10.9 Å². The van der Waals surface area contributed by atoms with Crippen LogP contribution in [0.1, 0.15) is 32.1 Å². The lowest BCUT2D eigenvalue weighted by Gasteiger charge is -2.31. The SMILES string of the molecule is NN=C(N)SCC1(O)CCCCC1. The Morgan fingerprint density at radius 3 is 2.54 bits per heavy atom. The first-order valence-electron chi connectivity index (χ1n) is 4.55. The molecule has 1 saturated carbocycles. The van der Waals surface area contributed by atoms with Crippen molar-refractivity contribution in [1.29, 1.82) is 0 Å². The van der Waals surface area contributed by atoms with Crippen LogP contribution >= 0.6 is 11.8 Å². The third kappa shape index (κ3) is 3.44. The molecule has 1 rings (SSSR count). The highest BCUT2D eigenvalue weighted by Gasteiger charge is 2.29. The Balaban J connectivity index is 2.33. The van der Waals surface area contributed by atoms with E-state index in [1.165, 1.54) is 18.2 Å². The molecular formula is C8H17N3OS. The molecule has 0 radical (unpaired) electrons. The molecule has 0 aliphatic heterocycles. The zero-order chi connectivity index (χ0) is 9.73. The van der Waals surface area contributed by atoms with Gasteiger partial charge >= 0.3 is 0 Å². The van der Waals surface area contributed by atoms with Crippen molar-refractivity contribution in [2.24, 2.45) is 16.7 Å². The van der Waals surface area contributed by atoms with Crippen LogP contribution in [-0.2, 0) is 0 Å². The molecule has 1 aliphatic rings. The number of hydrogen-bond acceptors (Lipinski definition) is 4. The van der Waals surface area contributed by atoms with E-state index in [9.17, 15) is 5.11 Å². The molecule has 5 N–H and O–H groups in total. The summed E-state index contributed by atoms with van der Waals surface area (Å²) in [4.78, 5) is 0. The van der Waals surface area contributed by atoms with Crippen LogP contribution in [0.25, 0.3) is 0 Å². The third-order valence-corrected chi connectivity index (χ3v) is 3.48. The van der Waals surface area contributed by atoms with Crippen LogP contribution in [-0.4, -0.2) is 21.6 Å². The lowest BCUT2D eigenvalue weighted by Crippen LogP contribution is -2.35. The van der Waals surface area contributed by atoms with Gasteiger partial charge in [-0.2, -0.15) is 5.10 Å². The van der Waals surface area contributed by atoms with Gasteiger partial charge in [-0.3, -0.25) is 0 Å². The number of thioether (sulfide) groups is 1. The van der Waals surface area contributed by atoms with Gasteiger partial charge in [0.05, 0.1) is 5.60 Å². The molecule has 0 spiro atoms. The molecule has 4 nitrogen and oxygen atoms in total. The van der Waals surface area contributed by atoms with Crippen LogP contribution in [0.3, 0.4) is 0 Å². The molecule has 0 bridgehead atoms. The number of nitrogens with zero attached hydrogens (tertiary/aromatic N) is 1. The van der Waals surface area contributed by atoms with E-state index in [2.05, 4.69) is 5.10 Å². The largest absolute Gasteiger partial charge is 0.389 e. The molecule has 1 aliphatic carbocycles. The second-order valence-corrected chi connectivity index (χ2v) is 4.54. The van der Waals surface area contributed by atoms with Crippen LogP contribution in [0.4, 0.5) is 0 Å². The van der Waals surface area contributed by atoms with Gasteiger partial charge in [0.1, 0.15) is 0 Å². The topological polar surface area (TPSA) is 84.6 Å². The minimum absolute atomic E-state index is 0.346. The molecule has 0 saturated heterocycles. The lowest BCUT2D eigenvalue weighted by molar-refractivity contribution is 0.0274. The maximum absolute atomic E-state index is 10.0. The zero-order valence-electron chi connectivity index (χ0n) is 7.70. The van der Waals surface area contributed by atoms with Gasteiger partial charge in [-0.15, -0.1) is 0 Å². The van der Waals surface area contributed by atoms with E-state index >= 15 is 0 Å². The summed E-state index contributed by atoms with van der Waals surface area (Å²) < 4.78 is 0. The number of rotatable bonds is 2. The molecule has 0 unspecified atom stereocenters. The van der Waals surface area contributed by atoms with Crippen molar-refractivity contribution in [3.63, 3.8) is 0 Å². The summed E-state index contributed by atoms with van der Waals surface area (Å²) in [6.07, 6.45) is 5.19. The van der Waals surface area contributed by atoms with Crippen molar-refractivity contribution in [3.8, 4) is 0 Å². The van der Waals surface area contributed by atoms with Crippen molar-refractivity contribution in [1.82, 2.24) is 0 Å². The Hall–Kier alpha value is -0.420. The number of nitrogens with two attached hydrogens (primary N) is 2. The van der Waals surface area contributed by atoms with Gasteiger partial charge in [-0.25, -0.2) is 0 Å². The van der Waals surface area contributed by atoms with E-state index in [4.69, 9.17) is 11.6 Å². The Kier molecular flexibility index (Phi) is 3.87. The summed E-state index contributed by atoms with van der Waals surface area (Å²) in [5, 5.41) is 13.7. The van der Waals surface area contributed by atoms with Gasteiger partial charge in [0.2, 0.25) is 0 Å². The molecule has 0 heterocycles. The van der Waals surface area contributed by atoms with Crippen molar-refractivity contribution < 1.29 is 5.11 Å². The Morgan fingerprint density at radius 2 is 2.00 bits per heavy atom. The van der Waals surface area contributed by atoms with Crippen molar-refractivity contribution >= 4 is 16.9 Å². The maximum Gasteiger partial charge on any atom is 0.177 e. The fourth-order valence-corrected chi connectivity index (χ4v) is 2.38. The predicted octanol–water partition coefficient (Wildman–Crippen LogP) is 0.603. The highest BCUT2D eigenvalue weighted by molar-refractivity contribution is 8.13. The Labute approximate surface area is 82.8 Å². The predicted molar refractivity (Wildman–Crippen MR) is 56.3 cm³/mol. The van der Waals surface area contributed by atoms with Crippen LogP contribution in [0.2, 0.25) is 0 Å². The van der Waals surface area contributed by atoms with Crippen molar-refractivity contribution in [2.45, 2.75) is 37.7 Å². The van der Waals surface area contributed by atoms with E-state index in [0.717, 1.165) is 25.7 Å². The summed E-state index contributed by atoms with van der Waals surface area (Å²) in [5.41, 5.74) is 4.88. The molecule has 0 aromatic heterocycles. The molecule has 13 heavy (non-hydrogen) atoms. The van der Waals surface area contributed by atoms with Crippen molar-refractivity contribution in [3.05, 3.63) is 0 Å². The highest BCUT2D eigenvalue weighted by atomic mass is 32.2. The molecule has 5 heteroatoms. The van der Waals surface area contributed by atoms with Gasteiger partial charge in [-0.1, -0.05) is 31.0 Å². The molecule has 1 fully saturated rings. The summed E-state index contributed by atoms with van der Waals surface area (Å²) in [6.45, 7) is 0. The van der Waals surface area contributed by atoms with Gasteiger partial charge in [0.25, 0.3) is 0 Å². The van der Waals surface area contributed by atoms with Crippen LogP contribution < -0.4 is 11.6 Å². The molecule has 0 aromatic rings. The fraction of sp³-hybridized carbons (Fsp3) is 0.875. The zero-order valence-corrected chi connectivity index (χ0v) is 8.52. The highest BCUT2D eigenvalue weighted by Crippen LogP contribution is 2.30. The monoisotopic (exact) mass is 203 g/mol. The molecule has 0 atom stereocenters. The average Bonchev–Trinajstić information content (AvgIpc) is 2.15. The minimum Gasteiger partial charge on any atom is -0.389 e. The quantitative estimate of drug-likeness (QED) is 0.265. The first-order chi connectivity index (χ1) is 6.16. The average molecular weight is 203 g/mol. The first kappa shape index (κ1) is 10.7. The van der Waals surface area contributed by atoms with E-state index in [1.807, 2.05) is 0 Å². The molecule has 76 valence electrons. The lowest BCUT2D eigenvalue weighted by atomic mass is 9.86. The smallest absolute Gasteiger partial charge is 0.177 e. The van der Waals surface area contributed by atoms with E-state index in [-0.39, 0.29) is 0 Å². The Morgan fingerprint density at radius 1 is 1.38 bits per heavy atom. The van der Waals surface area contributed by atoms with Gasteiger partial charge < -0.3 is 16.7 Å². The minimum atomic E-state index is -0.543. The van der Waals surface area contributed by atoms with Gasteiger partial charge in [0, 0.05) is 5.75 Å².